The van der Waals surface area contributed by atoms with Crippen LogP contribution in [0.25, 0.3) is 0 Å². The number of piperidine rings is 1. The molecule has 2 fully saturated rings. The number of carbonyl (C=O) groups excluding carboxylic acids is 1. The lowest BCUT2D eigenvalue weighted by Gasteiger charge is -2.31. The standard InChI is InChI=1S/C23H37N5O/c1-3-24-23(26-13-12-25-22(29)19-10-11-19)27-15-20-8-4-5-9-21(20)17-28-14-6-7-18(2)16-28/h4-5,8-9,18-19H,3,6-7,10-17H2,1-2H3,(H,25,29)(H2,24,26,27). The number of hydrogen-bond donors (Lipinski definition) is 3. The number of hydrogen-bond acceptors (Lipinski definition) is 3. The molecule has 1 saturated carbocycles. The lowest BCUT2D eigenvalue weighted by atomic mass is 9.99. The van der Waals surface area contributed by atoms with Crippen molar-refractivity contribution >= 4 is 11.9 Å². The maximum atomic E-state index is 11.7. The van der Waals surface area contributed by atoms with Gasteiger partial charge in [-0.25, -0.2) is 4.99 Å². The quantitative estimate of drug-likeness (QED) is 0.339. The van der Waals surface area contributed by atoms with Gasteiger partial charge in [0.1, 0.15) is 0 Å². The number of nitrogens with zero attached hydrogens (tertiary/aromatic N) is 2. The van der Waals surface area contributed by atoms with Crippen molar-refractivity contribution in [3.05, 3.63) is 35.4 Å². The minimum Gasteiger partial charge on any atom is -0.357 e. The Hall–Kier alpha value is -2.08. The zero-order valence-corrected chi connectivity index (χ0v) is 18.0. The summed E-state index contributed by atoms with van der Waals surface area (Å²) in [6.45, 7) is 10.6. The molecule has 0 bridgehead atoms. The third-order valence-electron chi connectivity index (χ3n) is 5.67. The van der Waals surface area contributed by atoms with Crippen molar-refractivity contribution in [1.82, 2.24) is 20.9 Å². The summed E-state index contributed by atoms with van der Waals surface area (Å²) in [4.78, 5) is 19.1. The maximum Gasteiger partial charge on any atom is 0.223 e. The van der Waals surface area contributed by atoms with Gasteiger partial charge in [0.25, 0.3) is 0 Å². The topological polar surface area (TPSA) is 68.8 Å². The Kier molecular flexibility index (Phi) is 8.35. The molecule has 3 N–H and O–H groups in total. The van der Waals surface area contributed by atoms with E-state index in [0.29, 0.717) is 19.6 Å². The van der Waals surface area contributed by atoms with E-state index in [2.05, 4.69) is 59.0 Å². The molecule has 1 atom stereocenters. The third-order valence-corrected chi connectivity index (χ3v) is 5.67. The zero-order valence-electron chi connectivity index (χ0n) is 18.0. The molecule has 3 rings (SSSR count). The van der Waals surface area contributed by atoms with Crippen molar-refractivity contribution in [3.63, 3.8) is 0 Å². The van der Waals surface area contributed by atoms with E-state index in [-0.39, 0.29) is 11.8 Å². The molecule has 1 unspecified atom stereocenters. The summed E-state index contributed by atoms with van der Waals surface area (Å²) in [5.74, 6) is 2.04. The first-order valence-electron chi connectivity index (χ1n) is 11.2. The van der Waals surface area contributed by atoms with Crippen molar-refractivity contribution in [3.8, 4) is 0 Å². The molecule has 160 valence electrons. The second-order valence-electron chi connectivity index (χ2n) is 8.44. The third kappa shape index (κ3) is 7.35. The monoisotopic (exact) mass is 399 g/mol. The Bertz CT molecular complexity index is 686. The van der Waals surface area contributed by atoms with Crippen molar-refractivity contribution in [2.75, 3.05) is 32.7 Å². The van der Waals surface area contributed by atoms with E-state index < -0.39 is 0 Å². The zero-order chi connectivity index (χ0) is 20.5. The van der Waals surface area contributed by atoms with Crippen molar-refractivity contribution in [2.45, 2.75) is 52.6 Å². The van der Waals surface area contributed by atoms with Gasteiger partial charge in [-0.1, -0.05) is 31.2 Å². The summed E-state index contributed by atoms with van der Waals surface area (Å²) in [6, 6.07) is 8.65. The van der Waals surface area contributed by atoms with Gasteiger partial charge in [0.05, 0.1) is 6.54 Å². The molecular formula is C23H37N5O. The lowest BCUT2D eigenvalue weighted by molar-refractivity contribution is -0.122. The van der Waals surface area contributed by atoms with Crippen LogP contribution in [0.5, 0.6) is 0 Å². The fourth-order valence-corrected chi connectivity index (χ4v) is 3.90. The molecule has 1 amide bonds. The van der Waals surface area contributed by atoms with Crippen molar-refractivity contribution in [1.29, 1.82) is 0 Å². The predicted octanol–water partition coefficient (Wildman–Crippen LogP) is 2.50. The van der Waals surface area contributed by atoms with Crippen LogP contribution in [0.1, 0.15) is 50.7 Å². The molecule has 29 heavy (non-hydrogen) atoms. The van der Waals surface area contributed by atoms with Crippen molar-refractivity contribution < 1.29 is 4.79 Å². The van der Waals surface area contributed by atoms with Crippen LogP contribution in [0, 0.1) is 11.8 Å². The van der Waals surface area contributed by atoms with Gasteiger partial charge >= 0.3 is 0 Å². The average molecular weight is 400 g/mol. The van der Waals surface area contributed by atoms with E-state index in [9.17, 15) is 4.79 Å². The molecule has 1 heterocycles. The summed E-state index contributed by atoms with van der Waals surface area (Å²) in [5.41, 5.74) is 2.66. The van der Waals surface area contributed by atoms with Crippen LogP contribution in [0.15, 0.2) is 29.3 Å². The Morgan fingerprint density at radius 1 is 1.10 bits per heavy atom. The average Bonchev–Trinajstić information content (AvgIpc) is 3.55. The van der Waals surface area contributed by atoms with Gasteiger partial charge in [0, 0.05) is 38.6 Å². The fraction of sp³-hybridized carbons (Fsp3) is 0.652. The fourth-order valence-electron chi connectivity index (χ4n) is 3.90. The first-order chi connectivity index (χ1) is 14.2. The number of amides is 1. The first-order valence-corrected chi connectivity index (χ1v) is 11.2. The van der Waals surface area contributed by atoms with E-state index in [4.69, 9.17) is 4.99 Å². The lowest BCUT2D eigenvalue weighted by Crippen LogP contribution is -2.41. The molecule has 1 saturated heterocycles. The van der Waals surface area contributed by atoms with Gasteiger partial charge in [-0.05, 0) is 56.2 Å². The van der Waals surface area contributed by atoms with Gasteiger partial charge in [-0.15, -0.1) is 0 Å². The molecule has 1 aliphatic heterocycles. The highest BCUT2D eigenvalue weighted by Crippen LogP contribution is 2.28. The predicted molar refractivity (Wildman–Crippen MR) is 119 cm³/mol. The maximum absolute atomic E-state index is 11.7. The largest absolute Gasteiger partial charge is 0.357 e. The Morgan fingerprint density at radius 2 is 1.86 bits per heavy atom. The summed E-state index contributed by atoms with van der Waals surface area (Å²) < 4.78 is 0. The van der Waals surface area contributed by atoms with Crippen LogP contribution >= 0.6 is 0 Å². The normalized spacial score (nSPS) is 20.3. The van der Waals surface area contributed by atoms with Gasteiger partial charge in [-0.3, -0.25) is 9.69 Å². The number of nitrogens with one attached hydrogen (secondary N) is 3. The number of aliphatic imine (C=N–C) groups is 1. The van der Waals surface area contributed by atoms with E-state index in [1.165, 1.54) is 37.1 Å². The summed E-state index contributed by atoms with van der Waals surface area (Å²) in [6.07, 6.45) is 4.73. The summed E-state index contributed by atoms with van der Waals surface area (Å²) in [7, 11) is 0. The van der Waals surface area contributed by atoms with Gasteiger partial charge in [0.15, 0.2) is 5.96 Å². The van der Waals surface area contributed by atoms with Crippen molar-refractivity contribution in [2.24, 2.45) is 16.8 Å². The Morgan fingerprint density at radius 3 is 2.59 bits per heavy atom. The molecule has 2 aliphatic rings. The number of carbonyl (C=O) groups is 1. The number of benzene rings is 1. The van der Waals surface area contributed by atoms with E-state index in [0.717, 1.165) is 37.8 Å². The van der Waals surface area contributed by atoms with Crippen LogP contribution in [0.2, 0.25) is 0 Å². The molecule has 1 aromatic rings. The van der Waals surface area contributed by atoms with Crippen LogP contribution in [0.4, 0.5) is 0 Å². The number of guanidine groups is 1. The highest BCUT2D eigenvalue weighted by atomic mass is 16.2. The molecule has 6 heteroatoms. The first kappa shape index (κ1) is 21.6. The van der Waals surface area contributed by atoms with Gasteiger partial charge < -0.3 is 16.0 Å². The molecule has 1 aliphatic carbocycles. The minimum atomic E-state index is 0.190. The number of rotatable bonds is 9. The summed E-state index contributed by atoms with van der Waals surface area (Å²) >= 11 is 0. The van der Waals surface area contributed by atoms with Gasteiger partial charge in [0.2, 0.25) is 5.91 Å². The Labute approximate surface area is 175 Å². The van der Waals surface area contributed by atoms with Gasteiger partial charge in [-0.2, -0.15) is 0 Å². The molecular weight excluding hydrogens is 362 g/mol. The molecule has 1 aromatic carbocycles. The SMILES string of the molecule is CCNC(=NCc1ccccc1CN1CCCC(C)C1)NCCNC(=O)C1CC1. The van der Waals surface area contributed by atoms with E-state index in [1.54, 1.807) is 0 Å². The van der Waals surface area contributed by atoms with Crippen LogP contribution in [0.3, 0.4) is 0 Å². The van der Waals surface area contributed by atoms with Crippen LogP contribution in [-0.2, 0) is 17.9 Å². The summed E-state index contributed by atoms with van der Waals surface area (Å²) in [5, 5.41) is 9.61. The molecule has 0 spiro atoms. The molecule has 0 radical (unpaired) electrons. The highest BCUT2D eigenvalue weighted by Gasteiger charge is 2.28. The second-order valence-corrected chi connectivity index (χ2v) is 8.44. The Balaban J connectivity index is 1.51. The molecule has 0 aromatic heterocycles. The second kappa shape index (κ2) is 11.2. The molecule has 6 nitrogen and oxygen atoms in total. The number of likely N-dealkylation sites (tertiary alicyclic amines) is 1. The van der Waals surface area contributed by atoms with Crippen LogP contribution < -0.4 is 16.0 Å². The minimum absolute atomic E-state index is 0.190. The van der Waals surface area contributed by atoms with Crippen LogP contribution in [-0.4, -0.2) is 49.5 Å². The van der Waals surface area contributed by atoms with E-state index >= 15 is 0 Å². The van der Waals surface area contributed by atoms with E-state index in [1.807, 2.05) is 0 Å². The highest BCUT2D eigenvalue weighted by molar-refractivity contribution is 5.81. The smallest absolute Gasteiger partial charge is 0.223 e.